The molecule has 0 spiro atoms. The lowest BCUT2D eigenvalue weighted by Crippen LogP contribution is -2.34. The number of rotatable bonds is 4. The quantitative estimate of drug-likeness (QED) is 0.608. The molecule has 3 unspecified atom stereocenters. The second-order valence-corrected chi connectivity index (χ2v) is 4.73. The summed E-state index contributed by atoms with van der Waals surface area (Å²) in [6.45, 7) is -0.637. The predicted octanol–water partition coefficient (Wildman–Crippen LogP) is -0.912. The van der Waals surface area contributed by atoms with Gasteiger partial charge in [-0.05, 0) is 6.07 Å². The Hall–Kier alpha value is -1.45. The summed E-state index contributed by atoms with van der Waals surface area (Å²) in [6, 6.07) is 1.27. The molecule has 1 aromatic heterocycles. The van der Waals surface area contributed by atoms with Crippen LogP contribution >= 0.6 is 8.25 Å². The van der Waals surface area contributed by atoms with E-state index >= 15 is 0 Å². The lowest BCUT2D eigenvalue weighted by molar-refractivity contribution is -0.0469. The van der Waals surface area contributed by atoms with E-state index in [0.29, 0.717) is 0 Å². The van der Waals surface area contributed by atoms with Gasteiger partial charge in [0.05, 0.1) is 6.61 Å². The molecular weight excluding hydrogens is 296 g/mol. The van der Waals surface area contributed by atoms with Gasteiger partial charge in [-0.3, -0.25) is 4.57 Å². The number of hydrogen-bond acceptors (Lipinski definition) is 7. The highest BCUT2D eigenvalue weighted by molar-refractivity contribution is 7.32. The van der Waals surface area contributed by atoms with Crippen LogP contribution in [0.5, 0.6) is 0 Å². The SMILES string of the molecule is Nc1ccn([C@@H]2O[C@H](CO)C(O[P+](=O)O)C2F)c(=O)n1. The number of aliphatic hydroxyl groups is 1. The average Bonchev–Trinajstić information content (AvgIpc) is 2.67. The molecule has 0 radical (unpaired) electrons. The largest absolute Gasteiger partial charge is 0.695 e. The summed E-state index contributed by atoms with van der Waals surface area (Å²) in [6.07, 6.45) is -4.82. The standard InChI is InChI=1S/C9H11FN3O6P/c10-6-7(19-20(16)17)4(3-14)18-8(6)13-2-1-5(11)12-9(13)15/h1-2,4,6-8,14H,3H2,(H2-,11,12,15,16,17)/p+1/t4-,6?,7?,8-/m1/s1. The van der Waals surface area contributed by atoms with Crippen molar-refractivity contribution in [2.24, 2.45) is 0 Å². The number of aromatic nitrogens is 2. The summed E-state index contributed by atoms with van der Waals surface area (Å²) >= 11 is 0. The molecule has 1 saturated heterocycles. The Labute approximate surface area is 112 Å². The van der Waals surface area contributed by atoms with Gasteiger partial charge < -0.3 is 15.6 Å². The molecule has 5 atom stereocenters. The van der Waals surface area contributed by atoms with Crippen molar-refractivity contribution in [2.75, 3.05) is 12.3 Å². The Morgan fingerprint density at radius 3 is 2.90 bits per heavy atom. The normalized spacial score (nSPS) is 30.4. The molecule has 1 aliphatic rings. The molecule has 1 aliphatic heterocycles. The maximum atomic E-state index is 14.2. The first kappa shape index (κ1) is 14.9. The van der Waals surface area contributed by atoms with E-state index in [9.17, 15) is 13.8 Å². The highest BCUT2D eigenvalue weighted by Crippen LogP contribution is 2.36. The number of hydrogen-bond donors (Lipinski definition) is 3. The molecular formula is C9H12FN3O6P+. The van der Waals surface area contributed by atoms with Crippen LogP contribution < -0.4 is 11.4 Å². The van der Waals surface area contributed by atoms with Crippen molar-refractivity contribution in [3.63, 3.8) is 0 Å². The number of halogens is 1. The molecule has 1 fully saturated rings. The van der Waals surface area contributed by atoms with Crippen LogP contribution in [-0.4, -0.2) is 44.5 Å². The molecule has 4 N–H and O–H groups in total. The van der Waals surface area contributed by atoms with Crippen LogP contribution in [-0.2, 0) is 13.8 Å². The van der Waals surface area contributed by atoms with Crippen LogP contribution in [0.1, 0.15) is 6.23 Å². The van der Waals surface area contributed by atoms with Crippen molar-refractivity contribution in [1.82, 2.24) is 9.55 Å². The number of ether oxygens (including phenoxy) is 1. The molecule has 9 nitrogen and oxygen atoms in total. The molecule has 2 heterocycles. The van der Waals surface area contributed by atoms with Crippen LogP contribution in [0.4, 0.5) is 10.2 Å². The third-order valence-corrected chi connectivity index (χ3v) is 3.21. The van der Waals surface area contributed by atoms with Crippen LogP contribution in [0, 0.1) is 0 Å². The minimum Gasteiger partial charge on any atom is -0.394 e. The Kier molecular flexibility index (Phi) is 4.41. The molecule has 20 heavy (non-hydrogen) atoms. The predicted molar refractivity (Wildman–Crippen MR) is 63.5 cm³/mol. The van der Waals surface area contributed by atoms with Crippen molar-refractivity contribution in [3.05, 3.63) is 22.7 Å². The Morgan fingerprint density at radius 2 is 2.35 bits per heavy atom. The van der Waals surface area contributed by atoms with E-state index in [4.69, 9.17) is 20.5 Å². The monoisotopic (exact) mass is 308 g/mol. The first-order valence-electron chi connectivity index (χ1n) is 5.52. The maximum absolute atomic E-state index is 14.2. The summed E-state index contributed by atoms with van der Waals surface area (Å²) < 4.78 is 35.3. The highest BCUT2D eigenvalue weighted by atomic mass is 31.1. The fourth-order valence-electron chi connectivity index (χ4n) is 1.91. The fourth-order valence-corrected chi connectivity index (χ4v) is 2.37. The van der Waals surface area contributed by atoms with Gasteiger partial charge in [0, 0.05) is 10.8 Å². The van der Waals surface area contributed by atoms with Crippen LogP contribution in [0.15, 0.2) is 17.1 Å². The van der Waals surface area contributed by atoms with Crippen LogP contribution in [0.2, 0.25) is 0 Å². The molecule has 1 aromatic rings. The van der Waals surface area contributed by atoms with E-state index in [0.717, 1.165) is 4.57 Å². The number of alkyl halides is 1. The van der Waals surface area contributed by atoms with E-state index in [1.54, 1.807) is 0 Å². The summed E-state index contributed by atoms with van der Waals surface area (Å²) in [7, 11) is -3.08. The first-order chi connectivity index (χ1) is 9.43. The number of nitrogens with two attached hydrogens (primary N) is 1. The van der Waals surface area contributed by atoms with Gasteiger partial charge in [0.1, 0.15) is 11.9 Å². The Bertz CT molecular complexity index is 569. The topological polar surface area (TPSA) is 137 Å². The molecule has 11 heteroatoms. The van der Waals surface area contributed by atoms with Gasteiger partial charge >= 0.3 is 13.9 Å². The molecule has 0 aromatic carbocycles. The maximum Gasteiger partial charge on any atom is 0.695 e. The van der Waals surface area contributed by atoms with Crippen molar-refractivity contribution in [3.8, 4) is 0 Å². The molecule has 0 saturated carbocycles. The first-order valence-corrected chi connectivity index (χ1v) is 6.65. The van der Waals surface area contributed by atoms with Gasteiger partial charge in [-0.25, -0.2) is 9.18 Å². The zero-order valence-corrected chi connectivity index (χ0v) is 10.9. The van der Waals surface area contributed by atoms with Crippen LogP contribution in [0.25, 0.3) is 0 Å². The van der Waals surface area contributed by atoms with E-state index in [1.165, 1.54) is 12.3 Å². The lowest BCUT2D eigenvalue weighted by atomic mass is 10.1. The van der Waals surface area contributed by atoms with Crippen molar-refractivity contribution in [1.29, 1.82) is 0 Å². The summed E-state index contributed by atoms with van der Waals surface area (Å²) in [5.74, 6) is -0.0374. The summed E-state index contributed by atoms with van der Waals surface area (Å²) in [5, 5.41) is 9.07. The van der Waals surface area contributed by atoms with Gasteiger partial charge in [0.25, 0.3) is 0 Å². The Morgan fingerprint density at radius 1 is 1.65 bits per heavy atom. The highest BCUT2D eigenvalue weighted by Gasteiger charge is 2.51. The molecule has 0 amide bonds. The van der Waals surface area contributed by atoms with E-state index in [2.05, 4.69) is 9.51 Å². The van der Waals surface area contributed by atoms with Crippen molar-refractivity contribution >= 4 is 14.1 Å². The number of anilines is 1. The lowest BCUT2D eigenvalue weighted by Gasteiger charge is -2.15. The van der Waals surface area contributed by atoms with Gasteiger partial charge in [-0.15, -0.1) is 9.42 Å². The van der Waals surface area contributed by atoms with Gasteiger partial charge in [-0.1, -0.05) is 0 Å². The third kappa shape index (κ3) is 2.84. The number of nitrogen functional groups attached to an aromatic ring is 1. The van der Waals surface area contributed by atoms with Crippen molar-refractivity contribution in [2.45, 2.75) is 24.6 Å². The van der Waals surface area contributed by atoms with E-state index in [1.807, 2.05) is 0 Å². The zero-order valence-electron chi connectivity index (χ0n) is 10.00. The van der Waals surface area contributed by atoms with E-state index in [-0.39, 0.29) is 5.82 Å². The van der Waals surface area contributed by atoms with Gasteiger partial charge in [-0.2, -0.15) is 4.98 Å². The molecule has 0 bridgehead atoms. The number of nitrogens with zero attached hydrogens (tertiary/aromatic N) is 2. The van der Waals surface area contributed by atoms with Crippen LogP contribution in [0.3, 0.4) is 0 Å². The second kappa shape index (κ2) is 5.90. The average molecular weight is 308 g/mol. The number of aliphatic hydroxyl groups excluding tert-OH is 1. The Balaban J connectivity index is 2.29. The molecule has 2 rings (SSSR count). The van der Waals surface area contributed by atoms with Gasteiger partial charge in [0.2, 0.25) is 0 Å². The third-order valence-electron chi connectivity index (χ3n) is 2.78. The molecule has 110 valence electrons. The zero-order chi connectivity index (χ0) is 14.9. The molecule has 0 aliphatic carbocycles. The van der Waals surface area contributed by atoms with Crippen molar-refractivity contribution < 1.29 is 28.2 Å². The van der Waals surface area contributed by atoms with E-state index < -0.39 is 45.2 Å². The minimum absolute atomic E-state index is 0.0374. The summed E-state index contributed by atoms with van der Waals surface area (Å²) in [4.78, 5) is 23.7. The smallest absolute Gasteiger partial charge is 0.394 e. The minimum atomic E-state index is -3.08. The fraction of sp³-hybridized carbons (Fsp3) is 0.556. The van der Waals surface area contributed by atoms with Gasteiger partial charge in [0.15, 0.2) is 18.5 Å². The summed E-state index contributed by atoms with van der Waals surface area (Å²) in [5.41, 5.74) is 4.47. The second-order valence-electron chi connectivity index (χ2n) is 4.04.